The van der Waals surface area contributed by atoms with Crippen LogP contribution >= 0.6 is 23.2 Å². The number of nitrogens with one attached hydrogen (secondary N) is 1. The Labute approximate surface area is 111 Å². The van der Waals surface area contributed by atoms with Crippen LogP contribution in [0.15, 0.2) is 12.1 Å². The molecule has 0 spiro atoms. The summed E-state index contributed by atoms with van der Waals surface area (Å²) in [6.45, 7) is 2.66. The molecular formula is C12H15Cl2NO2. The summed E-state index contributed by atoms with van der Waals surface area (Å²) >= 11 is 11.9. The third-order valence-electron chi connectivity index (χ3n) is 2.21. The van der Waals surface area contributed by atoms with Gasteiger partial charge in [0.2, 0.25) is 5.91 Å². The molecule has 0 radical (unpaired) electrons. The fraction of sp³-hybridized carbons (Fsp3) is 0.417. The van der Waals surface area contributed by atoms with Crippen molar-refractivity contribution < 1.29 is 9.53 Å². The molecule has 0 aromatic heterocycles. The Hall–Kier alpha value is -0.930. The lowest BCUT2D eigenvalue weighted by Gasteiger charge is -2.11. The van der Waals surface area contributed by atoms with E-state index in [2.05, 4.69) is 5.32 Å². The Morgan fingerprint density at radius 2 is 2.12 bits per heavy atom. The van der Waals surface area contributed by atoms with Crippen LogP contribution in [0.4, 0.5) is 0 Å². The first kappa shape index (κ1) is 14.1. The molecule has 0 aliphatic rings. The molecule has 1 N–H and O–H groups in total. The molecule has 1 rings (SSSR count). The maximum absolute atomic E-state index is 11.6. The largest absolute Gasteiger partial charge is 0.495 e. The van der Waals surface area contributed by atoms with Gasteiger partial charge in [-0.15, -0.1) is 0 Å². The summed E-state index contributed by atoms with van der Waals surface area (Å²) in [4.78, 5) is 11.6. The molecule has 0 atom stereocenters. The Balaban J connectivity index is 2.85. The van der Waals surface area contributed by atoms with Crippen molar-refractivity contribution in [1.82, 2.24) is 5.32 Å². The lowest BCUT2D eigenvalue weighted by atomic mass is 10.1. The number of benzene rings is 1. The molecule has 17 heavy (non-hydrogen) atoms. The van der Waals surface area contributed by atoms with Crippen LogP contribution in [0.2, 0.25) is 10.0 Å². The van der Waals surface area contributed by atoms with Crippen LogP contribution in [0.25, 0.3) is 0 Å². The molecule has 1 amide bonds. The van der Waals surface area contributed by atoms with Gasteiger partial charge in [0.15, 0.2) is 0 Å². The zero-order valence-electron chi connectivity index (χ0n) is 9.85. The number of carbonyl (C=O) groups is 1. The lowest BCUT2D eigenvalue weighted by Crippen LogP contribution is -2.25. The quantitative estimate of drug-likeness (QED) is 0.897. The van der Waals surface area contributed by atoms with Gasteiger partial charge < -0.3 is 10.1 Å². The number of methoxy groups -OCH3 is 1. The zero-order chi connectivity index (χ0) is 12.8. The number of amides is 1. The summed E-state index contributed by atoms with van der Waals surface area (Å²) in [5, 5.41) is 3.70. The average Bonchev–Trinajstić information content (AvgIpc) is 2.25. The second-order valence-corrected chi connectivity index (χ2v) is 4.45. The van der Waals surface area contributed by atoms with E-state index in [1.54, 1.807) is 12.1 Å². The third kappa shape index (κ3) is 4.10. The van der Waals surface area contributed by atoms with Gasteiger partial charge in [0, 0.05) is 17.1 Å². The highest BCUT2D eigenvalue weighted by atomic mass is 35.5. The molecule has 5 heteroatoms. The minimum absolute atomic E-state index is 0.0662. The minimum atomic E-state index is -0.0662. The molecule has 0 saturated carbocycles. The van der Waals surface area contributed by atoms with Crippen LogP contribution in [-0.2, 0) is 11.2 Å². The average molecular weight is 276 g/mol. The van der Waals surface area contributed by atoms with E-state index in [4.69, 9.17) is 27.9 Å². The van der Waals surface area contributed by atoms with Crippen molar-refractivity contribution in [1.29, 1.82) is 0 Å². The van der Waals surface area contributed by atoms with Crippen molar-refractivity contribution in [3.63, 3.8) is 0 Å². The number of hydrogen-bond donors (Lipinski definition) is 1. The first-order valence-corrected chi connectivity index (χ1v) is 6.12. The van der Waals surface area contributed by atoms with E-state index in [-0.39, 0.29) is 12.3 Å². The molecule has 1 aromatic rings. The first-order chi connectivity index (χ1) is 8.08. The maximum atomic E-state index is 11.6. The van der Waals surface area contributed by atoms with Crippen molar-refractivity contribution in [2.45, 2.75) is 19.8 Å². The number of halogens is 2. The highest BCUT2D eigenvalue weighted by molar-refractivity contribution is 6.35. The van der Waals surface area contributed by atoms with Gasteiger partial charge in [-0.25, -0.2) is 0 Å². The summed E-state index contributed by atoms with van der Waals surface area (Å²) in [6.07, 6.45) is 1.11. The highest BCUT2D eigenvalue weighted by Crippen LogP contribution is 2.32. The molecule has 1 aromatic carbocycles. The summed E-state index contributed by atoms with van der Waals surface area (Å²) in [5.41, 5.74) is 0.693. The topological polar surface area (TPSA) is 38.3 Å². The minimum Gasteiger partial charge on any atom is -0.495 e. The number of ether oxygens (including phenoxy) is 1. The van der Waals surface area contributed by atoms with Gasteiger partial charge in [0.1, 0.15) is 5.75 Å². The second kappa shape index (κ2) is 6.72. The van der Waals surface area contributed by atoms with E-state index >= 15 is 0 Å². The van der Waals surface area contributed by atoms with Gasteiger partial charge >= 0.3 is 0 Å². The van der Waals surface area contributed by atoms with E-state index in [0.717, 1.165) is 6.42 Å². The lowest BCUT2D eigenvalue weighted by molar-refractivity contribution is -0.120. The Bertz CT molecular complexity index is 408. The zero-order valence-corrected chi connectivity index (χ0v) is 11.4. The fourth-order valence-electron chi connectivity index (χ4n) is 1.47. The van der Waals surface area contributed by atoms with Crippen molar-refractivity contribution in [2.75, 3.05) is 13.7 Å². The van der Waals surface area contributed by atoms with E-state index < -0.39 is 0 Å². The molecule has 0 heterocycles. The number of carbonyl (C=O) groups excluding carboxylic acids is 1. The van der Waals surface area contributed by atoms with Gasteiger partial charge in [0.25, 0.3) is 0 Å². The van der Waals surface area contributed by atoms with Crippen LogP contribution in [0.1, 0.15) is 18.9 Å². The molecule has 3 nitrogen and oxygen atoms in total. The maximum Gasteiger partial charge on any atom is 0.224 e. The Kier molecular flexibility index (Phi) is 5.59. The first-order valence-electron chi connectivity index (χ1n) is 5.37. The van der Waals surface area contributed by atoms with Gasteiger partial charge in [-0.1, -0.05) is 30.1 Å². The van der Waals surface area contributed by atoms with Crippen molar-refractivity contribution >= 4 is 29.1 Å². The fourth-order valence-corrected chi connectivity index (χ4v) is 2.09. The third-order valence-corrected chi connectivity index (χ3v) is 2.71. The van der Waals surface area contributed by atoms with E-state index in [1.165, 1.54) is 7.11 Å². The number of hydrogen-bond acceptors (Lipinski definition) is 2. The number of rotatable bonds is 5. The normalized spacial score (nSPS) is 10.1. The molecule has 0 aliphatic heterocycles. The van der Waals surface area contributed by atoms with Gasteiger partial charge in [-0.05, 0) is 18.6 Å². The van der Waals surface area contributed by atoms with E-state index in [0.29, 0.717) is 27.9 Å². The van der Waals surface area contributed by atoms with Crippen LogP contribution < -0.4 is 10.1 Å². The van der Waals surface area contributed by atoms with Crippen molar-refractivity contribution in [3.05, 3.63) is 27.7 Å². The molecule has 94 valence electrons. The molecule has 0 fully saturated rings. The summed E-state index contributed by atoms with van der Waals surface area (Å²) in [5.74, 6) is 0.436. The highest BCUT2D eigenvalue weighted by Gasteiger charge is 2.12. The van der Waals surface area contributed by atoms with Gasteiger partial charge in [0.05, 0.1) is 18.6 Å². The summed E-state index contributed by atoms with van der Waals surface area (Å²) in [7, 11) is 1.52. The smallest absolute Gasteiger partial charge is 0.224 e. The standard InChI is InChI=1S/C12H15Cl2NO2/c1-3-4-15-11(16)6-8-5-9(13)7-10(14)12(8)17-2/h5,7H,3-4,6H2,1-2H3,(H,15,16). The molecule has 0 bridgehead atoms. The summed E-state index contributed by atoms with van der Waals surface area (Å²) < 4.78 is 5.17. The Morgan fingerprint density at radius 3 is 2.71 bits per heavy atom. The SMILES string of the molecule is CCCNC(=O)Cc1cc(Cl)cc(Cl)c1OC. The van der Waals surface area contributed by atoms with Gasteiger partial charge in [-0.3, -0.25) is 4.79 Å². The van der Waals surface area contributed by atoms with Crippen LogP contribution in [0.5, 0.6) is 5.75 Å². The summed E-state index contributed by atoms with van der Waals surface area (Å²) in [6, 6.07) is 3.28. The Morgan fingerprint density at radius 1 is 1.41 bits per heavy atom. The predicted octanol–water partition coefficient (Wildman–Crippen LogP) is 3.07. The molecule has 0 unspecified atom stereocenters. The second-order valence-electron chi connectivity index (χ2n) is 3.61. The molecule has 0 saturated heterocycles. The monoisotopic (exact) mass is 275 g/mol. The van der Waals surface area contributed by atoms with Crippen LogP contribution in [0, 0.1) is 0 Å². The van der Waals surface area contributed by atoms with E-state index in [1.807, 2.05) is 6.92 Å². The van der Waals surface area contributed by atoms with Gasteiger partial charge in [-0.2, -0.15) is 0 Å². The molecular weight excluding hydrogens is 261 g/mol. The predicted molar refractivity (Wildman–Crippen MR) is 70.0 cm³/mol. The molecule has 0 aliphatic carbocycles. The van der Waals surface area contributed by atoms with Crippen LogP contribution in [0.3, 0.4) is 0 Å². The van der Waals surface area contributed by atoms with Crippen molar-refractivity contribution in [2.24, 2.45) is 0 Å². The van der Waals surface area contributed by atoms with E-state index in [9.17, 15) is 4.79 Å². The van der Waals surface area contributed by atoms with Crippen molar-refractivity contribution in [3.8, 4) is 5.75 Å². The van der Waals surface area contributed by atoms with Crippen LogP contribution in [-0.4, -0.2) is 19.6 Å².